The third-order valence-electron chi connectivity index (χ3n) is 3.86. The minimum absolute atomic E-state index is 0.388. The molecule has 2 nitrogen and oxygen atoms in total. The number of hydrogen-bond acceptors (Lipinski definition) is 3. The standard InChI is InChI=1S/C18H20N2S/c1-13-16-7-3-4-8-17(16)21-18(13)14(2)20-11-9-15-6-5-10-19-12-15/h3-8,10,12,14,20H,9,11H2,1-2H3. The van der Waals surface area contributed by atoms with Gasteiger partial charge in [-0.2, -0.15) is 0 Å². The van der Waals surface area contributed by atoms with E-state index in [1.54, 1.807) is 0 Å². The fraction of sp³-hybridized carbons (Fsp3) is 0.278. The number of nitrogens with zero attached hydrogens (tertiary/aromatic N) is 1. The topological polar surface area (TPSA) is 24.9 Å². The van der Waals surface area contributed by atoms with Crippen LogP contribution in [0.15, 0.2) is 48.8 Å². The zero-order valence-corrected chi connectivity index (χ0v) is 13.3. The first kappa shape index (κ1) is 14.2. The Bertz CT molecular complexity index is 718. The maximum absolute atomic E-state index is 4.16. The highest BCUT2D eigenvalue weighted by atomic mass is 32.1. The Labute approximate surface area is 129 Å². The summed E-state index contributed by atoms with van der Waals surface area (Å²) in [7, 11) is 0. The third kappa shape index (κ3) is 3.14. The van der Waals surface area contributed by atoms with Crippen LogP contribution in [0.1, 0.15) is 29.0 Å². The molecule has 1 unspecified atom stereocenters. The molecule has 0 aliphatic heterocycles. The molecule has 3 rings (SSSR count). The number of pyridine rings is 1. The summed E-state index contributed by atoms with van der Waals surface area (Å²) in [5.41, 5.74) is 2.70. The highest BCUT2D eigenvalue weighted by Crippen LogP contribution is 2.34. The van der Waals surface area contributed by atoms with Gasteiger partial charge in [0, 0.05) is 28.0 Å². The van der Waals surface area contributed by atoms with E-state index in [4.69, 9.17) is 0 Å². The molecule has 0 aliphatic rings. The molecular formula is C18H20N2S. The van der Waals surface area contributed by atoms with Crippen molar-refractivity contribution in [2.75, 3.05) is 6.54 Å². The lowest BCUT2D eigenvalue weighted by atomic mass is 10.1. The van der Waals surface area contributed by atoms with Gasteiger partial charge in [0.25, 0.3) is 0 Å². The predicted octanol–water partition coefficient (Wildman–Crippen LogP) is 4.50. The molecule has 3 aromatic rings. The van der Waals surface area contributed by atoms with Crippen LogP contribution in [0.3, 0.4) is 0 Å². The molecule has 3 heteroatoms. The minimum Gasteiger partial charge on any atom is -0.309 e. The van der Waals surface area contributed by atoms with Crippen molar-refractivity contribution in [3.63, 3.8) is 0 Å². The van der Waals surface area contributed by atoms with Gasteiger partial charge in [-0.3, -0.25) is 4.98 Å². The van der Waals surface area contributed by atoms with Gasteiger partial charge in [-0.25, -0.2) is 0 Å². The molecule has 1 aromatic carbocycles. The van der Waals surface area contributed by atoms with Gasteiger partial charge < -0.3 is 5.32 Å². The van der Waals surface area contributed by atoms with Crippen molar-refractivity contribution in [3.05, 3.63) is 64.8 Å². The van der Waals surface area contributed by atoms with Crippen LogP contribution in [-0.2, 0) is 6.42 Å². The molecular weight excluding hydrogens is 276 g/mol. The molecule has 2 aromatic heterocycles. The first-order valence-electron chi connectivity index (χ1n) is 7.36. The van der Waals surface area contributed by atoms with E-state index in [2.05, 4.69) is 54.5 Å². The molecule has 0 spiro atoms. The number of benzene rings is 1. The summed E-state index contributed by atoms with van der Waals surface area (Å²) in [5, 5.41) is 5.02. The van der Waals surface area contributed by atoms with Crippen LogP contribution in [0.2, 0.25) is 0 Å². The van der Waals surface area contributed by atoms with Crippen LogP contribution >= 0.6 is 11.3 Å². The number of aromatic nitrogens is 1. The second-order valence-electron chi connectivity index (χ2n) is 5.37. The normalized spacial score (nSPS) is 12.7. The number of nitrogens with one attached hydrogen (secondary N) is 1. The average molecular weight is 296 g/mol. The van der Waals surface area contributed by atoms with E-state index in [-0.39, 0.29) is 0 Å². The summed E-state index contributed by atoms with van der Waals surface area (Å²) in [6.07, 6.45) is 4.78. The molecule has 0 saturated heterocycles. The Morgan fingerprint density at radius 1 is 1.19 bits per heavy atom. The van der Waals surface area contributed by atoms with Crippen molar-refractivity contribution in [2.45, 2.75) is 26.3 Å². The van der Waals surface area contributed by atoms with Gasteiger partial charge in [-0.1, -0.05) is 24.3 Å². The van der Waals surface area contributed by atoms with E-state index in [0.29, 0.717) is 6.04 Å². The predicted molar refractivity (Wildman–Crippen MR) is 90.9 cm³/mol. The van der Waals surface area contributed by atoms with Crippen molar-refractivity contribution >= 4 is 21.4 Å². The molecule has 2 heterocycles. The first-order valence-corrected chi connectivity index (χ1v) is 8.17. The van der Waals surface area contributed by atoms with Crippen LogP contribution in [0.5, 0.6) is 0 Å². The zero-order valence-electron chi connectivity index (χ0n) is 12.5. The lowest BCUT2D eigenvalue weighted by molar-refractivity contribution is 0.582. The number of hydrogen-bond donors (Lipinski definition) is 1. The highest BCUT2D eigenvalue weighted by molar-refractivity contribution is 7.19. The zero-order chi connectivity index (χ0) is 14.7. The number of aryl methyl sites for hydroxylation is 1. The molecule has 0 bridgehead atoms. The van der Waals surface area contributed by atoms with Crippen LogP contribution in [0, 0.1) is 6.92 Å². The van der Waals surface area contributed by atoms with E-state index in [9.17, 15) is 0 Å². The Morgan fingerprint density at radius 3 is 2.81 bits per heavy atom. The molecule has 108 valence electrons. The maximum Gasteiger partial charge on any atom is 0.0389 e. The molecule has 21 heavy (non-hydrogen) atoms. The van der Waals surface area contributed by atoms with Gasteiger partial charge >= 0.3 is 0 Å². The van der Waals surface area contributed by atoms with E-state index in [0.717, 1.165) is 13.0 Å². The summed E-state index contributed by atoms with van der Waals surface area (Å²) < 4.78 is 1.38. The van der Waals surface area contributed by atoms with Crippen LogP contribution in [0.4, 0.5) is 0 Å². The Morgan fingerprint density at radius 2 is 2.05 bits per heavy atom. The van der Waals surface area contributed by atoms with Gasteiger partial charge in [0.15, 0.2) is 0 Å². The van der Waals surface area contributed by atoms with Gasteiger partial charge in [0.05, 0.1) is 0 Å². The van der Waals surface area contributed by atoms with Gasteiger partial charge in [0.2, 0.25) is 0 Å². The highest BCUT2D eigenvalue weighted by Gasteiger charge is 2.13. The van der Waals surface area contributed by atoms with Gasteiger partial charge in [0.1, 0.15) is 0 Å². The first-order chi connectivity index (χ1) is 10.3. The van der Waals surface area contributed by atoms with Crippen LogP contribution in [0.25, 0.3) is 10.1 Å². The monoisotopic (exact) mass is 296 g/mol. The van der Waals surface area contributed by atoms with E-state index >= 15 is 0 Å². The molecule has 0 aliphatic carbocycles. The van der Waals surface area contributed by atoms with E-state index in [1.807, 2.05) is 29.8 Å². The van der Waals surface area contributed by atoms with Crippen molar-refractivity contribution in [1.82, 2.24) is 10.3 Å². The lowest BCUT2D eigenvalue weighted by Gasteiger charge is -2.13. The second kappa shape index (κ2) is 6.37. The van der Waals surface area contributed by atoms with Crippen molar-refractivity contribution in [1.29, 1.82) is 0 Å². The van der Waals surface area contributed by atoms with E-state index in [1.165, 1.54) is 26.1 Å². The summed E-state index contributed by atoms with van der Waals surface area (Å²) in [6.45, 7) is 5.45. The smallest absolute Gasteiger partial charge is 0.0389 e. The Kier molecular flexibility index (Phi) is 4.32. The van der Waals surface area contributed by atoms with Gasteiger partial charge in [-0.15, -0.1) is 11.3 Å². The number of fused-ring (bicyclic) bond motifs is 1. The largest absolute Gasteiger partial charge is 0.309 e. The van der Waals surface area contributed by atoms with Crippen molar-refractivity contribution in [3.8, 4) is 0 Å². The van der Waals surface area contributed by atoms with Crippen LogP contribution in [-0.4, -0.2) is 11.5 Å². The quantitative estimate of drug-likeness (QED) is 0.750. The fourth-order valence-electron chi connectivity index (χ4n) is 2.68. The van der Waals surface area contributed by atoms with E-state index < -0.39 is 0 Å². The molecule has 1 N–H and O–H groups in total. The Hall–Kier alpha value is -1.71. The maximum atomic E-state index is 4.16. The second-order valence-corrected chi connectivity index (χ2v) is 6.46. The summed E-state index contributed by atoms with van der Waals surface area (Å²) >= 11 is 1.90. The summed E-state index contributed by atoms with van der Waals surface area (Å²) in [4.78, 5) is 5.60. The number of thiophene rings is 1. The Balaban J connectivity index is 1.67. The molecule has 0 amide bonds. The lowest BCUT2D eigenvalue weighted by Crippen LogP contribution is -2.21. The van der Waals surface area contributed by atoms with Crippen molar-refractivity contribution in [2.24, 2.45) is 0 Å². The fourth-order valence-corrected chi connectivity index (χ4v) is 3.92. The minimum atomic E-state index is 0.388. The van der Waals surface area contributed by atoms with Crippen molar-refractivity contribution < 1.29 is 0 Å². The average Bonchev–Trinajstić information content (AvgIpc) is 2.86. The summed E-state index contributed by atoms with van der Waals surface area (Å²) in [6, 6.07) is 13.2. The molecule has 0 radical (unpaired) electrons. The van der Waals surface area contributed by atoms with Gasteiger partial charge in [-0.05, 0) is 55.5 Å². The van der Waals surface area contributed by atoms with Crippen LogP contribution < -0.4 is 5.32 Å². The molecule has 1 atom stereocenters. The number of rotatable bonds is 5. The SMILES string of the molecule is Cc1c(C(C)NCCc2cccnc2)sc2ccccc12. The third-order valence-corrected chi connectivity index (χ3v) is 5.32. The summed E-state index contributed by atoms with van der Waals surface area (Å²) in [5.74, 6) is 0. The molecule has 0 saturated carbocycles. The molecule has 0 fully saturated rings.